The molecule has 98 valence electrons. The zero-order valence-electron chi connectivity index (χ0n) is 11.0. The van der Waals surface area contributed by atoms with Gasteiger partial charge in [0.05, 0.1) is 12.3 Å². The minimum Gasteiger partial charge on any atom is -0.505 e. The fourth-order valence-corrected chi connectivity index (χ4v) is 1.57. The van der Waals surface area contributed by atoms with E-state index < -0.39 is 0 Å². The third-order valence-electron chi connectivity index (χ3n) is 2.57. The van der Waals surface area contributed by atoms with Crippen LogP contribution in [0.4, 0.5) is 11.4 Å². The van der Waals surface area contributed by atoms with Gasteiger partial charge in [0.25, 0.3) is 0 Å². The first-order chi connectivity index (χ1) is 9.19. The van der Waals surface area contributed by atoms with Crippen molar-refractivity contribution in [2.45, 2.75) is 13.8 Å². The summed E-state index contributed by atoms with van der Waals surface area (Å²) in [5.41, 5.74) is 2.34. The van der Waals surface area contributed by atoms with Crippen LogP contribution in [0.25, 0.3) is 0 Å². The number of aromatic hydroxyl groups is 1. The maximum absolute atomic E-state index is 9.81. The van der Waals surface area contributed by atoms with Gasteiger partial charge < -0.3 is 9.84 Å². The second-order valence-corrected chi connectivity index (χ2v) is 4.12. The number of ether oxygens (including phenoxy) is 1. The lowest BCUT2D eigenvalue weighted by atomic mass is 10.2. The van der Waals surface area contributed by atoms with Crippen LogP contribution in [-0.2, 0) is 0 Å². The van der Waals surface area contributed by atoms with Crippen LogP contribution in [0.2, 0.25) is 0 Å². The van der Waals surface area contributed by atoms with Gasteiger partial charge in [-0.1, -0.05) is 17.7 Å². The Kier molecular flexibility index (Phi) is 4.13. The quantitative estimate of drug-likeness (QED) is 0.818. The first-order valence-corrected chi connectivity index (χ1v) is 6.13. The van der Waals surface area contributed by atoms with Gasteiger partial charge in [0.2, 0.25) is 0 Å². The van der Waals surface area contributed by atoms with E-state index in [1.165, 1.54) is 11.6 Å². The smallest absolute Gasteiger partial charge is 0.146 e. The van der Waals surface area contributed by atoms with E-state index in [-0.39, 0.29) is 5.75 Å². The number of hydrogen-bond donors (Lipinski definition) is 1. The zero-order chi connectivity index (χ0) is 13.7. The van der Waals surface area contributed by atoms with Gasteiger partial charge in [0, 0.05) is 6.07 Å². The molecule has 0 saturated heterocycles. The van der Waals surface area contributed by atoms with Crippen molar-refractivity contribution in [3.05, 3.63) is 48.0 Å². The molecule has 0 heterocycles. The van der Waals surface area contributed by atoms with Crippen molar-refractivity contribution in [1.82, 2.24) is 0 Å². The molecule has 0 aromatic heterocycles. The molecular weight excluding hydrogens is 240 g/mol. The molecular formula is C15H16N2O2. The first-order valence-electron chi connectivity index (χ1n) is 6.13. The van der Waals surface area contributed by atoms with Crippen LogP contribution in [-0.4, -0.2) is 11.7 Å². The number of aryl methyl sites for hydroxylation is 1. The van der Waals surface area contributed by atoms with Crippen molar-refractivity contribution in [2.24, 2.45) is 10.2 Å². The molecule has 0 spiro atoms. The van der Waals surface area contributed by atoms with E-state index in [4.69, 9.17) is 4.74 Å². The van der Waals surface area contributed by atoms with Crippen LogP contribution in [0.3, 0.4) is 0 Å². The van der Waals surface area contributed by atoms with Gasteiger partial charge in [-0.25, -0.2) is 0 Å². The third-order valence-corrected chi connectivity index (χ3v) is 2.57. The second-order valence-electron chi connectivity index (χ2n) is 4.12. The highest BCUT2D eigenvalue weighted by Gasteiger charge is 2.02. The zero-order valence-corrected chi connectivity index (χ0v) is 11.0. The van der Waals surface area contributed by atoms with Crippen molar-refractivity contribution in [2.75, 3.05) is 6.61 Å². The van der Waals surface area contributed by atoms with Crippen LogP contribution in [0.1, 0.15) is 12.5 Å². The average Bonchev–Trinajstić information content (AvgIpc) is 2.40. The van der Waals surface area contributed by atoms with E-state index in [2.05, 4.69) is 10.2 Å². The highest BCUT2D eigenvalue weighted by molar-refractivity contribution is 5.54. The number of phenolic OH excluding ortho intramolecular Hbond substituents is 1. The standard InChI is InChI=1S/C15H16N2O2/c1-3-19-13-8-9-14(15(18)10-13)17-16-12-6-4-11(2)5-7-12/h4-10,18H,3H2,1-2H3. The van der Waals surface area contributed by atoms with E-state index in [0.717, 1.165) is 5.69 Å². The molecule has 2 aromatic rings. The van der Waals surface area contributed by atoms with Gasteiger partial charge in [-0.3, -0.25) is 0 Å². The van der Waals surface area contributed by atoms with Crippen LogP contribution in [0.15, 0.2) is 52.7 Å². The summed E-state index contributed by atoms with van der Waals surface area (Å²) < 4.78 is 5.29. The lowest BCUT2D eigenvalue weighted by molar-refractivity contribution is 0.338. The third kappa shape index (κ3) is 3.55. The molecule has 0 aliphatic carbocycles. The summed E-state index contributed by atoms with van der Waals surface area (Å²) in [6.45, 7) is 4.46. The Balaban J connectivity index is 2.16. The molecule has 2 aromatic carbocycles. The van der Waals surface area contributed by atoms with Crippen molar-refractivity contribution < 1.29 is 9.84 Å². The summed E-state index contributed by atoms with van der Waals surface area (Å²) >= 11 is 0. The molecule has 0 unspecified atom stereocenters. The Morgan fingerprint density at radius 3 is 2.42 bits per heavy atom. The summed E-state index contributed by atoms with van der Waals surface area (Å²) in [6.07, 6.45) is 0. The van der Waals surface area contributed by atoms with Crippen LogP contribution >= 0.6 is 0 Å². The topological polar surface area (TPSA) is 54.2 Å². The van der Waals surface area contributed by atoms with E-state index in [9.17, 15) is 5.11 Å². The summed E-state index contributed by atoms with van der Waals surface area (Å²) in [5, 5.41) is 17.9. The summed E-state index contributed by atoms with van der Waals surface area (Å²) in [4.78, 5) is 0. The number of rotatable bonds is 4. The Morgan fingerprint density at radius 2 is 1.79 bits per heavy atom. The van der Waals surface area contributed by atoms with Crippen molar-refractivity contribution in [1.29, 1.82) is 0 Å². The lowest BCUT2D eigenvalue weighted by Crippen LogP contribution is -1.90. The molecule has 0 amide bonds. The van der Waals surface area contributed by atoms with E-state index in [1.807, 2.05) is 38.1 Å². The Bertz CT molecular complexity index is 577. The lowest BCUT2D eigenvalue weighted by Gasteiger charge is -2.04. The largest absolute Gasteiger partial charge is 0.505 e. The van der Waals surface area contributed by atoms with Crippen molar-refractivity contribution >= 4 is 11.4 Å². The van der Waals surface area contributed by atoms with E-state index in [0.29, 0.717) is 18.0 Å². The monoisotopic (exact) mass is 256 g/mol. The maximum Gasteiger partial charge on any atom is 0.146 e. The molecule has 4 nitrogen and oxygen atoms in total. The van der Waals surface area contributed by atoms with Gasteiger partial charge in [-0.2, -0.15) is 5.11 Å². The molecule has 0 aliphatic heterocycles. The molecule has 0 fully saturated rings. The van der Waals surface area contributed by atoms with E-state index >= 15 is 0 Å². The van der Waals surface area contributed by atoms with Crippen LogP contribution in [0.5, 0.6) is 11.5 Å². The van der Waals surface area contributed by atoms with Crippen molar-refractivity contribution in [3.63, 3.8) is 0 Å². The van der Waals surface area contributed by atoms with Gasteiger partial charge >= 0.3 is 0 Å². The number of hydrogen-bond acceptors (Lipinski definition) is 4. The predicted octanol–water partition coefficient (Wildman–Crippen LogP) is 4.51. The second kappa shape index (κ2) is 6.00. The molecule has 2 rings (SSSR count). The molecule has 0 radical (unpaired) electrons. The minimum atomic E-state index is 0.0572. The predicted molar refractivity (Wildman–Crippen MR) is 74.6 cm³/mol. The van der Waals surface area contributed by atoms with Gasteiger partial charge in [-0.05, 0) is 38.1 Å². The van der Waals surface area contributed by atoms with Crippen molar-refractivity contribution in [3.8, 4) is 11.5 Å². The Labute approximate surface area is 112 Å². The molecule has 4 heteroatoms. The number of benzene rings is 2. The minimum absolute atomic E-state index is 0.0572. The molecule has 0 saturated carbocycles. The maximum atomic E-state index is 9.81. The van der Waals surface area contributed by atoms with Gasteiger partial charge in [0.1, 0.15) is 17.2 Å². The van der Waals surface area contributed by atoms with Gasteiger partial charge in [-0.15, -0.1) is 5.11 Å². The van der Waals surface area contributed by atoms with Crippen LogP contribution < -0.4 is 4.74 Å². The molecule has 1 N–H and O–H groups in total. The fourth-order valence-electron chi connectivity index (χ4n) is 1.57. The number of nitrogens with zero attached hydrogens (tertiary/aromatic N) is 2. The van der Waals surface area contributed by atoms with E-state index in [1.54, 1.807) is 12.1 Å². The molecule has 19 heavy (non-hydrogen) atoms. The highest BCUT2D eigenvalue weighted by atomic mass is 16.5. The highest BCUT2D eigenvalue weighted by Crippen LogP contribution is 2.31. The summed E-state index contributed by atoms with van der Waals surface area (Å²) in [5.74, 6) is 0.677. The first kappa shape index (κ1) is 13.1. The average molecular weight is 256 g/mol. The number of phenols is 1. The molecule has 0 aliphatic rings. The van der Waals surface area contributed by atoms with Gasteiger partial charge in [0.15, 0.2) is 0 Å². The Hall–Kier alpha value is -2.36. The molecule has 0 atom stereocenters. The Morgan fingerprint density at radius 1 is 1.05 bits per heavy atom. The van der Waals surface area contributed by atoms with Crippen LogP contribution in [0, 0.1) is 6.92 Å². The summed E-state index contributed by atoms with van der Waals surface area (Å²) in [7, 11) is 0. The SMILES string of the molecule is CCOc1ccc(N=Nc2ccc(C)cc2)c(O)c1. The summed E-state index contributed by atoms with van der Waals surface area (Å²) in [6, 6.07) is 12.7. The molecule has 0 bridgehead atoms. The number of azo groups is 1. The fraction of sp³-hybridized carbons (Fsp3) is 0.200. The normalized spacial score (nSPS) is 10.8.